The monoisotopic (exact) mass is 188 g/mol. The minimum atomic E-state index is 0.493. The van der Waals surface area contributed by atoms with E-state index in [1.54, 1.807) is 0 Å². The van der Waals surface area contributed by atoms with Gasteiger partial charge in [-0.15, -0.1) is 0 Å². The van der Waals surface area contributed by atoms with Crippen molar-refractivity contribution < 1.29 is 0 Å². The molecule has 0 amide bonds. The molecule has 14 heavy (non-hydrogen) atoms. The Morgan fingerprint density at radius 1 is 1.36 bits per heavy atom. The lowest BCUT2D eigenvalue weighted by molar-refractivity contribution is 0.513. The Balaban J connectivity index is 2.12. The second-order valence-electron chi connectivity index (χ2n) is 3.88. The van der Waals surface area contributed by atoms with Crippen LogP contribution in [0.5, 0.6) is 0 Å². The van der Waals surface area contributed by atoms with Gasteiger partial charge in [-0.25, -0.2) is 0 Å². The molecule has 0 saturated heterocycles. The standard InChI is InChI=1S/C12H16N2/c1-10(2)13-11-6-8-14-7-4-3-5-12(14)9-11/h3-7,9-10,13H,8H2,1-2H3. The van der Waals surface area contributed by atoms with Crippen LogP contribution in [-0.2, 0) is 0 Å². The lowest BCUT2D eigenvalue weighted by Crippen LogP contribution is -2.27. The molecule has 0 unspecified atom stereocenters. The summed E-state index contributed by atoms with van der Waals surface area (Å²) in [4.78, 5) is 2.23. The zero-order chi connectivity index (χ0) is 9.97. The van der Waals surface area contributed by atoms with Crippen molar-refractivity contribution in [3.63, 3.8) is 0 Å². The summed E-state index contributed by atoms with van der Waals surface area (Å²) in [6.45, 7) is 5.27. The van der Waals surface area contributed by atoms with Crippen molar-refractivity contribution >= 4 is 0 Å². The first-order valence-electron chi connectivity index (χ1n) is 5.05. The molecule has 0 aromatic carbocycles. The van der Waals surface area contributed by atoms with Gasteiger partial charge in [-0.1, -0.05) is 6.08 Å². The summed E-state index contributed by atoms with van der Waals surface area (Å²) in [5, 5.41) is 3.41. The molecule has 74 valence electrons. The third-order valence-corrected chi connectivity index (χ3v) is 2.24. The molecule has 2 heterocycles. The molecule has 0 aliphatic carbocycles. The number of rotatable bonds is 2. The van der Waals surface area contributed by atoms with Gasteiger partial charge in [-0.3, -0.25) is 0 Å². The van der Waals surface area contributed by atoms with E-state index in [2.05, 4.69) is 60.6 Å². The van der Waals surface area contributed by atoms with Crippen LogP contribution >= 0.6 is 0 Å². The van der Waals surface area contributed by atoms with Crippen LogP contribution in [0.4, 0.5) is 0 Å². The molecular formula is C12H16N2. The van der Waals surface area contributed by atoms with Crippen LogP contribution in [0.15, 0.2) is 48.0 Å². The van der Waals surface area contributed by atoms with Crippen LogP contribution in [0, 0.1) is 0 Å². The Labute approximate surface area is 85.3 Å². The Kier molecular flexibility index (Phi) is 2.44. The van der Waals surface area contributed by atoms with Crippen LogP contribution in [-0.4, -0.2) is 17.5 Å². The van der Waals surface area contributed by atoms with Crippen molar-refractivity contribution in [3.8, 4) is 0 Å². The van der Waals surface area contributed by atoms with Gasteiger partial charge in [0.1, 0.15) is 0 Å². The normalized spacial score (nSPS) is 19.2. The zero-order valence-electron chi connectivity index (χ0n) is 8.70. The number of hydrogen-bond acceptors (Lipinski definition) is 2. The van der Waals surface area contributed by atoms with E-state index in [-0.39, 0.29) is 0 Å². The van der Waals surface area contributed by atoms with Crippen molar-refractivity contribution in [2.75, 3.05) is 6.54 Å². The smallest absolute Gasteiger partial charge is 0.0429 e. The first kappa shape index (κ1) is 9.13. The van der Waals surface area contributed by atoms with Gasteiger partial charge >= 0.3 is 0 Å². The molecule has 2 aliphatic heterocycles. The fourth-order valence-electron chi connectivity index (χ4n) is 1.64. The van der Waals surface area contributed by atoms with Gasteiger partial charge in [-0.2, -0.15) is 0 Å². The lowest BCUT2D eigenvalue weighted by atomic mass is 10.1. The Morgan fingerprint density at radius 3 is 3.00 bits per heavy atom. The molecule has 2 heteroatoms. The Morgan fingerprint density at radius 2 is 2.21 bits per heavy atom. The highest BCUT2D eigenvalue weighted by molar-refractivity contribution is 5.37. The summed E-state index contributed by atoms with van der Waals surface area (Å²) < 4.78 is 0. The van der Waals surface area contributed by atoms with Crippen molar-refractivity contribution in [1.82, 2.24) is 10.2 Å². The molecule has 0 fully saturated rings. The summed E-state index contributed by atoms with van der Waals surface area (Å²) in [7, 11) is 0. The maximum Gasteiger partial charge on any atom is 0.0429 e. The highest BCUT2D eigenvalue weighted by Gasteiger charge is 2.11. The first-order valence-corrected chi connectivity index (χ1v) is 5.05. The van der Waals surface area contributed by atoms with E-state index >= 15 is 0 Å². The number of hydrogen-bond donors (Lipinski definition) is 1. The van der Waals surface area contributed by atoms with Crippen molar-refractivity contribution in [2.24, 2.45) is 0 Å². The van der Waals surface area contributed by atoms with E-state index in [1.807, 2.05) is 0 Å². The summed E-state index contributed by atoms with van der Waals surface area (Å²) in [5.74, 6) is 0. The molecule has 0 aromatic rings. The van der Waals surface area contributed by atoms with E-state index in [9.17, 15) is 0 Å². The minimum Gasteiger partial charge on any atom is -0.383 e. The van der Waals surface area contributed by atoms with Crippen molar-refractivity contribution in [2.45, 2.75) is 19.9 Å². The molecule has 2 rings (SSSR count). The summed E-state index contributed by atoms with van der Waals surface area (Å²) in [5.41, 5.74) is 2.49. The Bertz CT molecular complexity index is 332. The molecule has 0 bridgehead atoms. The van der Waals surface area contributed by atoms with Crippen LogP contribution in [0.25, 0.3) is 0 Å². The summed E-state index contributed by atoms with van der Waals surface area (Å²) in [6, 6.07) is 0.493. The highest BCUT2D eigenvalue weighted by atomic mass is 15.1. The van der Waals surface area contributed by atoms with E-state index in [1.165, 1.54) is 11.4 Å². The predicted molar refractivity (Wildman–Crippen MR) is 59.4 cm³/mol. The maximum absolute atomic E-state index is 3.41. The van der Waals surface area contributed by atoms with Crippen LogP contribution in [0.1, 0.15) is 13.8 Å². The van der Waals surface area contributed by atoms with Gasteiger partial charge in [0.25, 0.3) is 0 Å². The largest absolute Gasteiger partial charge is 0.383 e. The molecule has 2 aliphatic rings. The molecule has 0 saturated carbocycles. The van der Waals surface area contributed by atoms with Crippen LogP contribution in [0.3, 0.4) is 0 Å². The maximum atomic E-state index is 3.41. The van der Waals surface area contributed by atoms with Gasteiger partial charge < -0.3 is 10.2 Å². The molecule has 0 radical (unpaired) electrons. The summed E-state index contributed by atoms with van der Waals surface area (Å²) in [6.07, 6.45) is 12.8. The van der Waals surface area contributed by atoms with Crippen LogP contribution < -0.4 is 5.32 Å². The Hall–Kier alpha value is -1.44. The average Bonchev–Trinajstić information content (AvgIpc) is 2.17. The SMILES string of the molecule is CC(C)NC1=CCN2C=CC=CC2=C1. The molecule has 0 spiro atoms. The summed E-state index contributed by atoms with van der Waals surface area (Å²) >= 11 is 0. The minimum absolute atomic E-state index is 0.493. The predicted octanol–water partition coefficient (Wildman–Crippen LogP) is 2.15. The molecule has 0 aromatic heterocycles. The molecule has 1 N–H and O–H groups in total. The molecule has 2 nitrogen and oxygen atoms in total. The topological polar surface area (TPSA) is 15.3 Å². The van der Waals surface area contributed by atoms with E-state index in [0.29, 0.717) is 6.04 Å². The lowest BCUT2D eigenvalue weighted by Gasteiger charge is -2.27. The van der Waals surface area contributed by atoms with Gasteiger partial charge in [0, 0.05) is 30.2 Å². The second-order valence-corrected chi connectivity index (χ2v) is 3.88. The van der Waals surface area contributed by atoms with E-state index in [4.69, 9.17) is 0 Å². The van der Waals surface area contributed by atoms with Gasteiger partial charge in [0.2, 0.25) is 0 Å². The number of fused-ring (bicyclic) bond motifs is 1. The third kappa shape index (κ3) is 1.90. The number of nitrogens with zero attached hydrogens (tertiary/aromatic N) is 1. The third-order valence-electron chi connectivity index (χ3n) is 2.24. The van der Waals surface area contributed by atoms with Gasteiger partial charge in [-0.05, 0) is 38.2 Å². The van der Waals surface area contributed by atoms with Crippen molar-refractivity contribution in [3.05, 3.63) is 48.0 Å². The van der Waals surface area contributed by atoms with Crippen molar-refractivity contribution in [1.29, 1.82) is 0 Å². The van der Waals surface area contributed by atoms with Gasteiger partial charge in [0.15, 0.2) is 0 Å². The fourth-order valence-corrected chi connectivity index (χ4v) is 1.64. The fraction of sp³-hybridized carbons (Fsp3) is 0.333. The number of nitrogens with one attached hydrogen (secondary N) is 1. The van der Waals surface area contributed by atoms with Gasteiger partial charge in [0.05, 0.1) is 0 Å². The zero-order valence-corrected chi connectivity index (χ0v) is 8.70. The molecular weight excluding hydrogens is 172 g/mol. The van der Waals surface area contributed by atoms with Crippen LogP contribution in [0.2, 0.25) is 0 Å². The first-order chi connectivity index (χ1) is 6.75. The number of allylic oxidation sites excluding steroid dienone is 4. The second kappa shape index (κ2) is 3.74. The quantitative estimate of drug-likeness (QED) is 0.714. The average molecular weight is 188 g/mol. The highest BCUT2D eigenvalue weighted by Crippen LogP contribution is 2.18. The van der Waals surface area contributed by atoms with E-state index < -0.39 is 0 Å². The van der Waals surface area contributed by atoms with E-state index in [0.717, 1.165) is 6.54 Å². The molecule has 0 atom stereocenters.